The number of para-hydroxylation sites is 1. The standard InChI is InChI=1S/C33H36N4O4S/c1-2-41-27-18-16-26(17-19-27)35-30(38)22-42-33-36-29-11-7-6-10-28(29)32(40)37(33)21-24-12-14-25(15-13-24)31(39)34-20-23-8-4-3-5-9-23/h3-11,16-19,24-25H,2,12-15,20-22H2,1H3,(H,34,39)(H,35,38). The van der Waals surface area contributed by atoms with Gasteiger partial charge in [0.05, 0.1) is 23.3 Å². The van der Waals surface area contributed by atoms with E-state index in [2.05, 4.69) is 10.6 Å². The first-order valence-electron chi connectivity index (χ1n) is 14.5. The second-order valence-electron chi connectivity index (χ2n) is 10.5. The van der Waals surface area contributed by atoms with Crippen molar-refractivity contribution in [3.8, 4) is 5.75 Å². The predicted molar refractivity (Wildman–Crippen MR) is 167 cm³/mol. The fraction of sp³-hybridized carbons (Fsp3) is 0.333. The van der Waals surface area contributed by atoms with Gasteiger partial charge in [-0.2, -0.15) is 0 Å². The minimum absolute atomic E-state index is 0.0171. The van der Waals surface area contributed by atoms with Crippen LogP contribution in [0.3, 0.4) is 0 Å². The number of amides is 2. The summed E-state index contributed by atoms with van der Waals surface area (Å²) >= 11 is 1.26. The summed E-state index contributed by atoms with van der Waals surface area (Å²) in [6, 6.07) is 24.5. The van der Waals surface area contributed by atoms with Crippen LogP contribution in [0.15, 0.2) is 88.8 Å². The number of anilines is 1. The summed E-state index contributed by atoms with van der Waals surface area (Å²) < 4.78 is 7.18. The van der Waals surface area contributed by atoms with Gasteiger partial charge in [0.25, 0.3) is 5.56 Å². The van der Waals surface area contributed by atoms with Crippen molar-refractivity contribution in [2.24, 2.45) is 11.8 Å². The Hall–Kier alpha value is -4.11. The molecule has 0 saturated heterocycles. The highest BCUT2D eigenvalue weighted by atomic mass is 32.2. The zero-order valence-electron chi connectivity index (χ0n) is 23.8. The normalized spacial score (nSPS) is 16.6. The van der Waals surface area contributed by atoms with Crippen LogP contribution in [0.4, 0.5) is 5.69 Å². The fourth-order valence-corrected chi connectivity index (χ4v) is 6.15. The molecule has 0 radical (unpaired) electrons. The molecule has 0 spiro atoms. The first-order valence-corrected chi connectivity index (χ1v) is 15.5. The molecule has 9 heteroatoms. The Morgan fingerprint density at radius 2 is 1.67 bits per heavy atom. The highest BCUT2D eigenvalue weighted by Crippen LogP contribution is 2.31. The number of ether oxygens (including phenoxy) is 1. The van der Waals surface area contributed by atoms with Gasteiger partial charge in [-0.1, -0.05) is 54.2 Å². The molecule has 42 heavy (non-hydrogen) atoms. The monoisotopic (exact) mass is 584 g/mol. The number of rotatable bonds is 11. The molecule has 5 rings (SSSR count). The predicted octanol–water partition coefficient (Wildman–Crippen LogP) is 5.65. The van der Waals surface area contributed by atoms with E-state index in [0.29, 0.717) is 41.4 Å². The molecule has 1 aliphatic carbocycles. The van der Waals surface area contributed by atoms with Crippen molar-refractivity contribution < 1.29 is 14.3 Å². The smallest absolute Gasteiger partial charge is 0.262 e. The number of carbonyl (C=O) groups excluding carboxylic acids is 2. The van der Waals surface area contributed by atoms with Gasteiger partial charge >= 0.3 is 0 Å². The second kappa shape index (κ2) is 14.2. The Bertz CT molecular complexity index is 1570. The lowest BCUT2D eigenvalue weighted by molar-refractivity contribution is -0.126. The largest absolute Gasteiger partial charge is 0.494 e. The molecule has 0 bridgehead atoms. The second-order valence-corrected chi connectivity index (χ2v) is 11.5. The molecule has 0 atom stereocenters. The molecule has 1 saturated carbocycles. The van der Waals surface area contributed by atoms with Gasteiger partial charge in [-0.05, 0) is 80.5 Å². The van der Waals surface area contributed by atoms with Crippen molar-refractivity contribution in [3.63, 3.8) is 0 Å². The molecule has 2 N–H and O–H groups in total. The van der Waals surface area contributed by atoms with Crippen molar-refractivity contribution in [2.45, 2.75) is 50.9 Å². The van der Waals surface area contributed by atoms with E-state index in [4.69, 9.17) is 9.72 Å². The molecule has 8 nitrogen and oxygen atoms in total. The van der Waals surface area contributed by atoms with E-state index in [0.717, 1.165) is 37.0 Å². The SMILES string of the molecule is CCOc1ccc(NC(=O)CSc2nc3ccccc3c(=O)n2CC2CCC(C(=O)NCc3ccccc3)CC2)cc1. The number of hydrogen-bond donors (Lipinski definition) is 2. The lowest BCUT2D eigenvalue weighted by Gasteiger charge is -2.28. The molecular weight excluding hydrogens is 548 g/mol. The fourth-order valence-electron chi connectivity index (χ4n) is 5.34. The van der Waals surface area contributed by atoms with E-state index in [1.807, 2.05) is 67.6 Å². The molecule has 2 amide bonds. The van der Waals surface area contributed by atoms with Crippen LogP contribution in [0, 0.1) is 11.8 Å². The van der Waals surface area contributed by atoms with Gasteiger partial charge in [-0.15, -0.1) is 0 Å². The summed E-state index contributed by atoms with van der Waals surface area (Å²) in [7, 11) is 0. The number of carbonyl (C=O) groups is 2. The number of fused-ring (bicyclic) bond motifs is 1. The van der Waals surface area contributed by atoms with E-state index >= 15 is 0 Å². The van der Waals surface area contributed by atoms with Crippen LogP contribution in [0.1, 0.15) is 38.2 Å². The molecule has 0 unspecified atom stereocenters. The van der Waals surface area contributed by atoms with E-state index < -0.39 is 0 Å². The maximum Gasteiger partial charge on any atom is 0.262 e. The van der Waals surface area contributed by atoms with Crippen LogP contribution >= 0.6 is 11.8 Å². The Morgan fingerprint density at radius 3 is 2.40 bits per heavy atom. The number of nitrogens with one attached hydrogen (secondary N) is 2. The third kappa shape index (κ3) is 7.59. The molecule has 218 valence electrons. The highest BCUT2D eigenvalue weighted by Gasteiger charge is 2.27. The number of thioether (sulfide) groups is 1. The van der Waals surface area contributed by atoms with Gasteiger partial charge < -0.3 is 15.4 Å². The Kier molecular flexibility index (Phi) is 9.92. The van der Waals surface area contributed by atoms with Crippen molar-refractivity contribution in [3.05, 3.63) is 94.8 Å². The summed E-state index contributed by atoms with van der Waals surface area (Å²) in [6.45, 7) is 3.54. The molecule has 1 heterocycles. The topological polar surface area (TPSA) is 102 Å². The molecule has 4 aromatic rings. The van der Waals surface area contributed by atoms with Gasteiger partial charge in [0.2, 0.25) is 11.8 Å². The van der Waals surface area contributed by atoms with E-state index in [1.54, 1.807) is 22.8 Å². The summed E-state index contributed by atoms with van der Waals surface area (Å²) in [5, 5.41) is 7.07. The van der Waals surface area contributed by atoms with Gasteiger partial charge in [-0.3, -0.25) is 19.0 Å². The van der Waals surface area contributed by atoms with Gasteiger partial charge in [-0.25, -0.2) is 4.98 Å². The van der Waals surface area contributed by atoms with Crippen LogP contribution in [0.2, 0.25) is 0 Å². The number of benzene rings is 3. The zero-order chi connectivity index (χ0) is 29.3. The molecular formula is C33H36N4O4S. The molecule has 1 aliphatic rings. The van der Waals surface area contributed by atoms with Crippen LogP contribution < -0.4 is 20.9 Å². The first kappa shape index (κ1) is 29.4. The van der Waals surface area contributed by atoms with Crippen molar-refractivity contribution in [1.82, 2.24) is 14.9 Å². The number of nitrogens with zero attached hydrogens (tertiary/aromatic N) is 2. The minimum Gasteiger partial charge on any atom is -0.494 e. The summed E-state index contributed by atoms with van der Waals surface area (Å²) in [5.41, 5.74) is 2.28. The highest BCUT2D eigenvalue weighted by molar-refractivity contribution is 7.99. The van der Waals surface area contributed by atoms with Crippen molar-refractivity contribution in [1.29, 1.82) is 0 Å². The third-order valence-corrected chi connectivity index (χ3v) is 8.55. The Balaban J connectivity index is 1.22. The van der Waals surface area contributed by atoms with E-state index in [9.17, 15) is 14.4 Å². The molecule has 1 fully saturated rings. The molecule has 1 aromatic heterocycles. The average Bonchev–Trinajstić information content (AvgIpc) is 3.02. The van der Waals surface area contributed by atoms with Gasteiger partial charge in [0.1, 0.15) is 5.75 Å². The number of aromatic nitrogens is 2. The van der Waals surface area contributed by atoms with Crippen LogP contribution in [-0.2, 0) is 22.7 Å². The quantitative estimate of drug-likeness (QED) is 0.175. The van der Waals surface area contributed by atoms with Crippen LogP contribution in [0.25, 0.3) is 10.9 Å². The summed E-state index contributed by atoms with van der Waals surface area (Å²) in [4.78, 5) is 43.9. The lowest BCUT2D eigenvalue weighted by atomic mass is 9.81. The third-order valence-electron chi connectivity index (χ3n) is 7.58. The first-order chi connectivity index (χ1) is 20.5. The van der Waals surface area contributed by atoms with E-state index in [1.165, 1.54) is 11.8 Å². The van der Waals surface area contributed by atoms with Gasteiger partial charge in [0.15, 0.2) is 5.16 Å². The van der Waals surface area contributed by atoms with Crippen LogP contribution in [0.5, 0.6) is 5.75 Å². The molecule has 3 aromatic carbocycles. The van der Waals surface area contributed by atoms with E-state index in [-0.39, 0.29) is 35.0 Å². The maximum atomic E-state index is 13.6. The van der Waals surface area contributed by atoms with Crippen molar-refractivity contribution in [2.75, 3.05) is 17.7 Å². The summed E-state index contributed by atoms with van der Waals surface area (Å²) in [6.07, 6.45) is 3.28. The Labute approximate surface area is 249 Å². The zero-order valence-corrected chi connectivity index (χ0v) is 24.6. The maximum absolute atomic E-state index is 13.6. The average molecular weight is 585 g/mol. The molecule has 0 aliphatic heterocycles. The van der Waals surface area contributed by atoms with Crippen molar-refractivity contribution >= 4 is 40.2 Å². The number of hydrogen-bond acceptors (Lipinski definition) is 6. The minimum atomic E-state index is -0.180. The van der Waals surface area contributed by atoms with Crippen LogP contribution in [-0.4, -0.2) is 33.7 Å². The Morgan fingerprint density at radius 1 is 0.952 bits per heavy atom. The lowest BCUT2D eigenvalue weighted by Crippen LogP contribution is -2.34. The summed E-state index contributed by atoms with van der Waals surface area (Å²) in [5.74, 6) is 1.01. The van der Waals surface area contributed by atoms with Gasteiger partial charge in [0, 0.05) is 24.7 Å².